The minimum Gasteiger partial charge on any atom is -0.550 e. The summed E-state index contributed by atoms with van der Waals surface area (Å²) in [6.07, 6.45) is 14.6. The third-order valence-electron chi connectivity index (χ3n) is 15.2. The van der Waals surface area contributed by atoms with Crippen molar-refractivity contribution in [1.29, 1.82) is 0 Å². The minimum atomic E-state index is -1.39. The number of aliphatic carboxylic acids is 2. The normalized spacial score (nSPS) is 26.3. The van der Waals surface area contributed by atoms with Gasteiger partial charge in [0.1, 0.15) is 0 Å². The van der Waals surface area contributed by atoms with E-state index in [2.05, 4.69) is 78.3 Å². The maximum absolute atomic E-state index is 15.1. The lowest BCUT2D eigenvalue weighted by molar-refractivity contribution is -0.338. The van der Waals surface area contributed by atoms with Gasteiger partial charge in [-0.3, -0.25) is 9.59 Å². The van der Waals surface area contributed by atoms with Crippen LogP contribution in [-0.4, -0.2) is 59.5 Å². The van der Waals surface area contributed by atoms with Gasteiger partial charge in [-0.25, -0.2) is 0 Å². The average Bonchev–Trinajstić information content (AvgIpc) is 3.15. The molecule has 0 saturated carbocycles. The summed E-state index contributed by atoms with van der Waals surface area (Å²) >= 11 is 0. The molecule has 4 unspecified atom stereocenters. The molecule has 0 radical (unpaired) electrons. The smallest absolute Gasteiger partial charge is 0.162 e. The number of carbonyl (C=O) groups is 4. The predicted molar refractivity (Wildman–Crippen MR) is 230 cm³/mol. The molecule has 0 aromatic rings. The Labute approximate surface area is 352 Å². The van der Waals surface area contributed by atoms with Gasteiger partial charge in [-0.15, -0.1) is 0 Å². The molecule has 4 atom stereocenters. The first-order valence-corrected chi connectivity index (χ1v) is 22.7. The predicted octanol–water partition coefficient (Wildman–Crippen LogP) is 8.61. The maximum Gasteiger partial charge on any atom is 0.162 e. The number of unbranched alkanes of at least 4 members (excludes halogenated alkanes) is 4. The van der Waals surface area contributed by atoms with Crippen molar-refractivity contribution in [2.75, 3.05) is 26.2 Å². The molecule has 326 valence electrons. The molecule has 0 spiro atoms. The number of ketones is 2. The van der Waals surface area contributed by atoms with Crippen LogP contribution >= 0.6 is 0 Å². The van der Waals surface area contributed by atoms with E-state index in [1.165, 1.54) is 36.4 Å². The molecule has 0 bridgehead atoms. The largest absolute Gasteiger partial charge is 0.550 e. The summed E-state index contributed by atoms with van der Waals surface area (Å²) in [5.41, 5.74) is 0.471. The van der Waals surface area contributed by atoms with Gasteiger partial charge in [0, 0.05) is 66.8 Å². The van der Waals surface area contributed by atoms with Gasteiger partial charge in [0.2, 0.25) is 0 Å². The van der Waals surface area contributed by atoms with Crippen LogP contribution < -0.4 is 10.2 Å². The van der Waals surface area contributed by atoms with Gasteiger partial charge < -0.3 is 29.6 Å². The fourth-order valence-electron chi connectivity index (χ4n) is 14.1. The molecule has 2 aliphatic heterocycles. The van der Waals surface area contributed by atoms with Crippen molar-refractivity contribution in [3.8, 4) is 0 Å². The summed E-state index contributed by atoms with van der Waals surface area (Å²) in [6.45, 7) is 33.2. The highest BCUT2D eigenvalue weighted by atomic mass is 16.4. The number of allylic oxidation sites excluding steroid dienone is 6. The molecular weight excluding hydrogens is 725 g/mol. The van der Waals surface area contributed by atoms with Gasteiger partial charge >= 0.3 is 0 Å². The van der Waals surface area contributed by atoms with Crippen LogP contribution in [0, 0.1) is 50.7 Å². The summed E-state index contributed by atoms with van der Waals surface area (Å²) in [4.78, 5) is 58.9. The topological polar surface area (TPSA) is 121 Å². The maximum atomic E-state index is 15.1. The quantitative estimate of drug-likeness (QED) is 0.0941. The van der Waals surface area contributed by atoms with Gasteiger partial charge in [-0.2, -0.15) is 0 Å². The lowest BCUT2D eigenvalue weighted by Gasteiger charge is -2.68. The molecule has 4 rings (SSSR count). The summed E-state index contributed by atoms with van der Waals surface area (Å²) in [6, 6.07) is 0. The summed E-state index contributed by atoms with van der Waals surface area (Å²) in [7, 11) is 0. The Hall–Kier alpha value is -3.16. The molecule has 0 amide bonds. The van der Waals surface area contributed by atoms with E-state index in [0.717, 1.165) is 82.3 Å². The van der Waals surface area contributed by atoms with E-state index < -0.39 is 62.7 Å². The van der Waals surface area contributed by atoms with Crippen LogP contribution in [0.5, 0.6) is 0 Å². The Bertz CT molecular complexity index is 1520. The van der Waals surface area contributed by atoms with E-state index in [4.69, 9.17) is 0 Å². The Morgan fingerprint density at radius 3 is 1.34 bits per heavy atom. The third kappa shape index (κ3) is 9.26. The van der Waals surface area contributed by atoms with Gasteiger partial charge in [0.15, 0.2) is 11.6 Å². The monoisotopic (exact) mass is 803 g/mol. The molecule has 2 saturated heterocycles. The number of carboxylic acid groups (broad SMARTS) is 2. The molecular formula is C50H78N2O6-2. The highest BCUT2D eigenvalue weighted by Crippen LogP contribution is 2.71. The molecule has 0 N–H and O–H groups in total. The number of hydrogen-bond donors (Lipinski definition) is 0. The van der Waals surface area contributed by atoms with Crippen LogP contribution in [0.3, 0.4) is 0 Å². The SMILES string of the molecule is C=CC(=O)C(C)C1=C(N2CCCCC2)CC(C)(C)C(C(CCCCCCCC(=O)[O-])(C(=O)[O-])C2C(C)(C)CC(N3CCCCC3)=C(C(C)C(=O)C=C)C2(C)C)C1(C)C. The summed E-state index contributed by atoms with van der Waals surface area (Å²) in [5, 5.41) is 26.3. The van der Waals surface area contributed by atoms with E-state index in [-0.39, 0.29) is 18.0 Å². The van der Waals surface area contributed by atoms with E-state index >= 15 is 9.90 Å². The van der Waals surface area contributed by atoms with Crippen LogP contribution in [0.2, 0.25) is 0 Å². The number of rotatable bonds is 19. The standard InChI is InChI=1S/C50H80N2O6/c1-13-38(53)34(3)41-36(51-28-22-18-23-29-51)32-46(5,6)43(48(41,9)10)50(45(57)58,27-21-17-15-16-20-26-40(55)56)44-47(7,8)33-37(52-30-24-19-25-31-52)42(49(44,11)12)35(4)39(54)14-2/h13-14,34-35,43-44H,1-2,15-33H2,3-12H3,(H,55,56)(H,57,58)/p-2. The zero-order valence-electron chi connectivity index (χ0n) is 38.2. The zero-order valence-corrected chi connectivity index (χ0v) is 38.2. The molecule has 4 aliphatic rings. The van der Waals surface area contributed by atoms with Crippen molar-refractivity contribution in [2.24, 2.45) is 50.7 Å². The van der Waals surface area contributed by atoms with Gasteiger partial charge in [-0.05, 0) is 127 Å². The van der Waals surface area contributed by atoms with E-state index in [0.29, 0.717) is 32.1 Å². The number of nitrogens with zero attached hydrogens (tertiary/aromatic N) is 2. The van der Waals surface area contributed by atoms with E-state index in [1.54, 1.807) is 0 Å². The van der Waals surface area contributed by atoms with E-state index in [9.17, 15) is 19.5 Å². The Morgan fingerprint density at radius 1 is 0.638 bits per heavy atom. The Morgan fingerprint density at radius 2 is 1.00 bits per heavy atom. The number of carbonyl (C=O) groups excluding carboxylic acids is 4. The van der Waals surface area contributed by atoms with Crippen LogP contribution in [0.25, 0.3) is 0 Å². The number of piperidine rings is 2. The first kappa shape index (κ1) is 47.5. The van der Waals surface area contributed by atoms with Crippen LogP contribution in [-0.2, 0) is 19.2 Å². The summed E-state index contributed by atoms with van der Waals surface area (Å²) < 4.78 is 0. The molecule has 0 aromatic heterocycles. The highest BCUT2D eigenvalue weighted by Gasteiger charge is 2.67. The van der Waals surface area contributed by atoms with Gasteiger partial charge in [-0.1, -0.05) is 108 Å². The number of likely N-dealkylation sites (tertiary alicyclic amines) is 2. The second-order valence-corrected chi connectivity index (χ2v) is 21.1. The second kappa shape index (κ2) is 18.6. The van der Waals surface area contributed by atoms with Crippen LogP contribution in [0.1, 0.15) is 166 Å². The number of hydrogen-bond acceptors (Lipinski definition) is 8. The zero-order chi connectivity index (χ0) is 43.4. The third-order valence-corrected chi connectivity index (χ3v) is 15.2. The molecule has 8 nitrogen and oxygen atoms in total. The lowest BCUT2D eigenvalue weighted by atomic mass is 9.37. The van der Waals surface area contributed by atoms with Crippen molar-refractivity contribution in [3.05, 3.63) is 47.9 Å². The van der Waals surface area contributed by atoms with Crippen LogP contribution in [0.4, 0.5) is 0 Å². The molecule has 8 heteroatoms. The van der Waals surface area contributed by atoms with Crippen molar-refractivity contribution in [3.63, 3.8) is 0 Å². The molecule has 0 aromatic carbocycles. The lowest BCUT2D eigenvalue weighted by Crippen LogP contribution is -2.67. The Balaban J connectivity index is 2.07. The van der Waals surface area contributed by atoms with E-state index in [1.807, 2.05) is 13.8 Å². The van der Waals surface area contributed by atoms with Crippen molar-refractivity contribution < 1.29 is 29.4 Å². The van der Waals surface area contributed by atoms with Crippen LogP contribution in [0.15, 0.2) is 47.9 Å². The molecule has 58 heavy (non-hydrogen) atoms. The highest BCUT2D eigenvalue weighted by molar-refractivity contribution is 5.94. The van der Waals surface area contributed by atoms with Crippen molar-refractivity contribution >= 4 is 23.5 Å². The van der Waals surface area contributed by atoms with Gasteiger partial charge in [0.05, 0.1) is 0 Å². The second-order valence-electron chi connectivity index (χ2n) is 21.1. The minimum absolute atomic E-state index is 0.0179. The Kier molecular flexibility index (Phi) is 15.3. The fourth-order valence-corrected chi connectivity index (χ4v) is 14.1. The molecule has 2 heterocycles. The fraction of sp³-hybridized carbons (Fsp3) is 0.760. The average molecular weight is 803 g/mol. The first-order valence-electron chi connectivity index (χ1n) is 22.7. The van der Waals surface area contributed by atoms with Gasteiger partial charge in [0.25, 0.3) is 0 Å². The summed E-state index contributed by atoms with van der Waals surface area (Å²) in [5.74, 6) is -4.08. The molecule has 2 fully saturated rings. The van der Waals surface area contributed by atoms with Crippen molar-refractivity contribution in [1.82, 2.24) is 9.80 Å². The molecule has 2 aliphatic carbocycles. The first-order chi connectivity index (χ1) is 27.0. The van der Waals surface area contributed by atoms with Crippen molar-refractivity contribution in [2.45, 2.75) is 166 Å². The number of carboxylic acids is 2.